The molecule has 3 aromatic rings. The second kappa shape index (κ2) is 10.9. The van der Waals surface area contributed by atoms with E-state index in [-0.39, 0.29) is 28.9 Å². The van der Waals surface area contributed by atoms with Gasteiger partial charge >= 0.3 is 0 Å². The number of para-hydroxylation sites is 1. The molecule has 0 unspecified atom stereocenters. The first-order valence-electron chi connectivity index (χ1n) is 13.9. The van der Waals surface area contributed by atoms with Crippen LogP contribution in [-0.4, -0.2) is 49.5 Å². The van der Waals surface area contributed by atoms with E-state index in [0.29, 0.717) is 40.0 Å². The van der Waals surface area contributed by atoms with Crippen LogP contribution in [0.2, 0.25) is 0 Å². The van der Waals surface area contributed by atoms with Crippen molar-refractivity contribution < 1.29 is 22.6 Å². The lowest BCUT2D eigenvalue weighted by atomic mass is 10.1. The molecule has 38 heavy (non-hydrogen) atoms. The van der Waals surface area contributed by atoms with Crippen molar-refractivity contribution in [2.75, 3.05) is 29.2 Å². The van der Waals surface area contributed by atoms with Gasteiger partial charge in [-0.2, -0.15) is 4.36 Å². The van der Waals surface area contributed by atoms with Gasteiger partial charge in [-0.05, 0) is 37.8 Å². The van der Waals surface area contributed by atoms with Gasteiger partial charge in [0.25, 0.3) is 0 Å². The van der Waals surface area contributed by atoms with Crippen molar-refractivity contribution in [1.82, 2.24) is 15.0 Å². The van der Waals surface area contributed by atoms with Crippen LogP contribution in [0.15, 0.2) is 47.2 Å². The molecule has 0 spiro atoms. The Morgan fingerprint density at radius 2 is 1.95 bits per heavy atom. The van der Waals surface area contributed by atoms with Crippen molar-refractivity contribution in [1.29, 1.82) is 0 Å². The predicted molar refractivity (Wildman–Crippen MR) is 147 cm³/mol. The molecule has 2 aliphatic rings. The predicted octanol–water partition coefficient (Wildman–Crippen LogP) is 5.13. The number of carbonyl (C=O) groups excluding carboxylic acids is 2. The fourth-order valence-corrected chi connectivity index (χ4v) is 6.38. The largest absolute Gasteiger partial charge is 0.494 e. The number of ether oxygens (including phenoxy) is 1. The number of rotatable bonds is 9. The van der Waals surface area contributed by atoms with Gasteiger partial charge in [0.2, 0.25) is 5.91 Å². The van der Waals surface area contributed by atoms with Gasteiger partial charge in [-0.25, -0.2) is 14.2 Å². The molecule has 2 N–H and O–H groups in total. The van der Waals surface area contributed by atoms with E-state index in [1.54, 1.807) is 18.2 Å². The standard InChI is InChI=1S/C27H30N6O4S/c1-3-23(34)19-14-29-24(32-27(35)17-9-10-17)13-21(19)31-20-8-6-7-18(26(20)37-2)22-15-30-25(16-28-22)33-38(36)11-4-5-12-38/h6-8,13-17H,3-5,9-12H2,1-2H3,(H2,29,31,32,35)/i1D3. The van der Waals surface area contributed by atoms with Gasteiger partial charge in [-0.3, -0.25) is 14.6 Å². The summed E-state index contributed by atoms with van der Waals surface area (Å²) in [6, 6.07) is 6.78. The molecule has 1 aliphatic carbocycles. The van der Waals surface area contributed by atoms with Crippen molar-refractivity contribution in [3.8, 4) is 17.0 Å². The molecule has 2 aromatic heterocycles. The third-order valence-corrected chi connectivity index (χ3v) is 8.78. The van der Waals surface area contributed by atoms with Crippen LogP contribution in [-0.2, 0) is 14.5 Å². The number of amides is 1. The minimum absolute atomic E-state index is 0.0547. The lowest BCUT2D eigenvalue weighted by Gasteiger charge is -2.17. The molecule has 0 radical (unpaired) electrons. The summed E-state index contributed by atoms with van der Waals surface area (Å²) in [5.74, 6) is 1.23. The van der Waals surface area contributed by atoms with Crippen LogP contribution in [0.5, 0.6) is 5.75 Å². The van der Waals surface area contributed by atoms with Crippen molar-refractivity contribution in [2.24, 2.45) is 10.3 Å². The van der Waals surface area contributed by atoms with E-state index in [9.17, 15) is 13.8 Å². The van der Waals surface area contributed by atoms with E-state index in [1.807, 2.05) is 0 Å². The van der Waals surface area contributed by atoms with Gasteiger partial charge in [-0.1, -0.05) is 12.9 Å². The van der Waals surface area contributed by atoms with Crippen LogP contribution in [0, 0.1) is 5.92 Å². The number of ketones is 1. The van der Waals surface area contributed by atoms with E-state index in [4.69, 9.17) is 8.85 Å². The lowest BCUT2D eigenvalue weighted by molar-refractivity contribution is -0.117. The zero-order chi connectivity index (χ0) is 29.2. The highest BCUT2D eigenvalue weighted by atomic mass is 32.2. The Labute approximate surface area is 226 Å². The number of nitrogens with zero attached hydrogens (tertiary/aromatic N) is 4. The Kier molecular flexibility index (Phi) is 6.33. The maximum Gasteiger partial charge on any atom is 0.228 e. The molecule has 10 nitrogen and oxygen atoms in total. The van der Waals surface area contributed by atoms with Gasteiger partial charge in [0.1, 0.15) is 5.82 Å². The molecular weight excluding hydrogens is 504 g/mol. The number of nitrogens with one attached hydrogen (secondary N) is 2. The summed E-state index contributed by atoms with van der Waals surface area (Å²) >= 11 is 0. The number of carbonyl (C=O) groups is 2. The average Bonchev–Trinajstić information content (AvgIpc) is 3.69. The van der Waals surface area contributed by atoms with E-state index >= 15 is 0 Å². The highest BCUT2D eigenvalue weighted by molar-refractivity contribution is 7.93. The van der Waals surface area contributed by atoms with Crippen LogP contribution in [0.1, 0.15) is 53.4 Å². The van der Waals surface area contributed by atoms with Gasteiger partial charge in [-0.15, -0.1) is 0 Å². The van der Waals surface area contributed by atoms with E-state index in [0.717, 1.165) is 25.7 Å². The van der Waals surface area contributed by atoms with E-state index in [2.05, 4.69) is 29.9 Å². The second-order valence-electron chi connectivity index (χ2n) is 9.23. The summed E-state index contributed by atoms with van der Waals surface area (Å²) in [7, 11) is -0.794. The van der Waals surface area contributed by atoms with Crippen LogP contribution in [0.4, 0.5) is 23.0 Å². The van der Waals surface area contributed by atoms with Gasteiger partial charge in [0.05, 0.1) is 51.9 Å². The molecule has 1 aliphatic heterocycles. The summed E-state index contributed by atoms with van der Waals surface area (Å²) in [4.78, 5) is 38.3. The molecular formula is C27H30N6O4S. The molecule has 5 rings (SSSR count). The normalized spacial score (nSPS) is 17.6. The molecule has 3 heterocycles. The average molecular weight is 538 g/mol. The maximum atomic E-state index is 12.9. The minimum atomic E-state index is -2.47. The zero-order valence-electron chi connectivity index (χ0n) is 23.9. The highest BCUT2D eigenvalue weighted by Gasteiger charge is 2.30. The summed E-state index contributed by atoms with van der Waals surface area (Å²) in [6.07, 6.45) is 7.00. The van der Waals surface area contributed by atoms with Gasteiger partial charge in [0, 0.05) is 45.8 Å². The van der Waals surface area contributed by atoms with E-state index < -0.39 is 28.8 Å². The number of benzene rings is 1. The molecule has 1 aromatic carbocycles. The summed E-state index contributed by atoms with van der Waals surface area (Å²) < 4.78 is 45.4. The Hall–Kier alpha value is -3.86. The molecule has 198 valence electrons. The van der Waals surface area contributed by atoms with Crippen LogP contribution < -0.4 is 15.4 Å². The third-order valence-electron chi connectivity index (χ3n) is 6.40. The van der Waals surface area contributed by atoms with Crippen molar-refractivity contribution in [3.05, 3.63) is 48.4 Å². The van der Waals surface area contributed by atoms with Gasteiger partial charge in [0.15, 0.2) is 17.4 Å². The Balaban J connectivity index is 1.47. The number of methoxy groups -OCH3 is 1. The Bertz CT molecular complexity index is 1590. The fraction of sp³-hybridized carbons (Fsp3) is 0.370. The fourth-order valence-electron chi connectivity index (χ4n) is 4.25. The monoisotopic (exact) mass is 537 g/mol. The van der Waals surface area contributed by atoms with Crippen molar-refractivity contribution in [3.63, 3.8) is 0 Å². The van der Waals surface area contributed by atoms with Crippen LogP contribution in [0.25, 0.3) is 11.3 Å². The van der Waals surface area contributed by atoms with Crippen molar-refractivity contribution in [2.45, 2.75) is 39.0 Å². The number of hydrogen-bond acceptors (Lipinski definition) is 9. The summed E-state index contributed by atoms with van der Waals surface area (Å²) in [5, 5.41) is 5.92. The molecule has 2 fully saturated rings. The summed E-state index contributed by atoms with van der Waals surface area (Å²) in [5.41, 5.74) is 1.86. The topological polar surface area (TPSA) is 136 Å². The number of Topliss-reactive ketones (excluding diaryl/α,β-unsaturated/α-hetero) is 1. The number of aromatic nitrogens is 3. The smallest absolute Gasteiger partial charge is 0.228 e. The van der Waals surface area contributed by atoms with Crippen LogP contribution in [0.3, 0.4) is 0 Å². The number of pyridine rings is 1. The Morgan fingerprint density at radius 1 is 1.13 bits per heavy atom. The summed E-state index contributed by atoms with van der Waals surface area (Å²) in [6.45, 7) is -2.47. The Morgan fingerprint density at radius 3 is 2.63 bits per heavy atom. The van der Waals surface area contributed by atoms with Crippen LogP contribution >= 0.6 is 0 Å². The van der Waals surface area contributed by atoms with E-state index in [1.165, 1.54) is 31.8 Å². The van der Waals surface area contributed by atoms with Gasteiger partial charge < -0.3 is 15.4 Å². The first-order valence-corrected chi connectivity index (χ1v) is 14.2. The first-order chi connectivity index (χ1) is 19.5. The van der Waals surface area contributed by atoms with Crippen molar-refractivity contribution >= 4 is 44.4 Å². The number of hydrogen-bond donors (Lipinski definition) is 2. The molecule has 0 bridgehead atoms. The second-order valence-corrected chi connectivity index (χ2v) is 11.8. The molecule has 0 atom stereocenters. The zero-order valence-corrected chi connectivity index (χ0v) is 21.7. The quantitative estimate of drug-likeness (QED) is 0.359. The SMILES string of the molecule is [2H]C([2H])([2H])CC(=O)c1cnc(NC(=O)C2CC2)cc1Nc1cccc(-c2cnc(N=S3(=O)CCCC3)cn2)c1OC. The maximum absolute atomic E-state index is 12.9. The molecule has 1 saturated heterocycles. The first kappa shape index (κ1) is 22.2. The molecule has 11 heteroatoms. The highest BCUT2D eigenvalue weighted by Crippen LogP contribution is 2.38. The molecule has 1 amide bonds. The third kappa shape index (κ3) is 5.67. The number of anilines is 3. The minimum Gasteiger partial charge on any atom is -0.494 e. The molecule has 1 saturated carbocycles. The lowest BCUT2D eigenvalue weighted by Crippen LogP contribution is -2.15.